The Morgan fingerprint density at radius 3 is 2.65 bits per heavy atom. The van der Waals surface area contributed by atoms with E-state index in [2.05, 4.69) is 32.3 Å². The molecule has 0 aliphatic carbocycles. The van der Waals surface area contributed by atoms with Crippen LogP contribution >= 0.6 is 15.9 Å². The van der Waals surface area contributed by atoms with Gasteiger partial charge in [0.15, 0.2) is 0 Å². The van der Waals surface area contributed by atoms with Crippen LogP contribution in [0.2, 0.25) is 0 Å². The third-order valence-electron chi connectivity index (χ3n) is 2.99. The third kappa shape index (κ3) is 2.36. The fourth-order valence-corrected chi connectivity index (χ4v) is 2.45. The molecule has 1 aromatic heterocycles. The first-order chi connectivity index (χ1) is 9.78. The molecule has 0 bridgehead atoms. The maximum absolute atomic E-state index is 9.04. The van der Waals surface area contributed by atoms with Crippen molar-refractivity contribution in [3.05, 3.63) is 64.8 Å². The first kappa shape index (κ1) is 12.6. The van der Waals surface area contributed by atoms with Crippen LogP contribution in [-0.4, -0.2) is 4.98 Å². The molecule has 96 valence electrons. The quantitative estimate of drug-likeness (QED) is 0.749. The number of halogens is 1. The van der Waals surface area contributed by atoms with E-state index < -0.39 is 0 Å². The van der Waals surface area contributed by atoms with E-state index in [1.54, 1.807) is 12.3 Å². The number of hydrogen-bond donors (Lipinski definition) is 1. The summed E-state index contributed by atoms with van der Waals surface area (Å²) in [6, 6.07) is 17.5. The molecule has 1 heterocycles. The third-order valence-corrected chi connectivity index (χ3v) is 3.60. The van der Waals surface area contributed by atoms with E-state index in [0.717, 1.165) is 26.8 Å². The zero-order chi connectivity index (χ0) is 13.9. The molecule has 0 amide bonds. The lowest BCUT2D eigenvalue weighted by Crippen LogP contribution is -1.94. The highest BCUT2D eigenvalue weighted by atomic mass is 79.9. The maximum atomic E-state index is 9.04. The van der Waals surface area contributed by atoms with Gasteiger partial charge in [0, 0.05) is 17.3 Å². The number of rotatable bonds is 2. The number of para-hydroxylation sites is 1. The largest absolute Gasteiger partial charge is 0.354 e. The average Bonchev–Trinajstić information content (AvgIpc) is 2.51. The Hall–Kier alpha value is -2.38. The Labute approximate surface area is 125 Å². The molecular weight excluding hydrogens is 314 g/mol. The number of hydrogen-bond acceptors (Lipinski definition) is 3. The molecular formula is C16H10BrN3. The Kier molecular flexibility index (Phi) is 3.36. The van der Waals surface area contributed by atoms with Crippen molar-refractivity contribution in [1.82, 2.24) is 4.98 Å². The van der Waals surface area contributed by atoms with Crippen molar-refractivity contribution < 1.29 is 0 Å². The number of fused-ring (bicyclic) bond motifs is 1. The molecule has 0 saturated heterocycles. The molecule has 1 N–H and O–H groups in total. The normalized spacial score (nSPS) is 10.2. The van der Waals surface area contributed by atoms with Gasteiger partial charge >= 0.3 is 0 Å². The zero-order valence-electron chi connectivity index (χ0n) is 10.5. The molecule has 4 heteroatoms. The second kappa shape index (κ2) is 5.32. The van der Waals surface area contributed by atoms with Crippen molar-refractivity contribution in [3.63, 3.8) is 0 Å². The number of aromatic nitrogens is 1. The highest BCUT2D eigenvalue weighted by Gasteiger charge is 2.08. The van der Waals surface area contributed by atoms with Crippen LogP contribution in [0, 0.1) is 11.3 Å². The molecule has 0 unspecified atom stereocenters. The minimum Gasteiger partial charge on any atom is -0.354 e. The monoisotopic (exact) mass is 323 g/mol. The van der Waals surface area contributed by atoms with Crippen LogP contribution in [0.3, 0.4) is 0 Å². The van der Waals surface area contributed by atoms with Gasteiger partial charge in [-0.15, -0.1) is 0 Å². The van der Waals surface area contributed by atoms with Crippen molar-refractivity contribution in [2.24, 2.45) is 0 Å². The maximum Gasteiger partial charge on any atom is 0.0991 e. The summed E-state index contributed by atoms with van der Waals surface area (Å²) >= 11 is 3.51. The van der Waals surface area contributed by atoms with Crippen LogP contribution in [-0.2, 0) is 0 Å². The molecule has 0 fully saturated rings. The van der Waals surface area contributed by atoms with E-state index in [0.29, 0.717) is 5.56 Å². The summed E-state index contributed by atoms with van der Waals surface area (Å²) in [5, 5.41) is 13.3. The van der Waals surface area contributed by atoms with Gasteiger partial charge in [-0.2, -0.15) is 5.26 Å². The van der Waals surface area contributed by atoms with E-state index in [4.69, 9.17) is 5.26 Å². The summed E-state index contributed by atoms with van der Waals surface area (Å²) in [5.74, 6) is 0. The Balaban J connectivity index is 2.18. The van der Waals surface area contributed by atoms with E-state index in [1.165, 1.54) is 0 Å². The Morgan fingerprint density at radius 1 is 1.10 bits per heavy atom. The van der Waals surface area contributed by atoms with Gasteiger partial charge in [0.2, 0.25) is 0 Å². The number of nitrogens with zero attached hydrogens (tertiary/aromatic N) is 2. The lowest BCUT2D eigenvalue weighted by Gasteiger charge is -2.11. The van der Waals surface area contributed by atoms with Gasteiger partial charge < -0.3 is 5.32 Å². The summed E-state index contributed by atoms with van der Waals surface area (Å²) in [6.45, 7) is 0. The van der Waals surface area contributed by atoms with Gasteiger partial charge in [-0.3, -0.25) is 4.98 Å². The van der Waals surface area contributed by atoms with Crippen LogP contribution < -0.4 is 5.32 Å². The van der Waals surface area contributed by atoms with Gasteiger partial charge in [0.1, 0.15) is 0 Å². The predicted octanol–water partition coefficient (Wildman–Crippen LogP) is 4.61. The number of nitriles is 1. The van der Waals surface area contributed by atoms with Gasteiger partial charge in [0.25, 0.3) is 0 Å². The van der Waals surface area contributed by atoms with Crippen molar-refractivity contribution >= 4 is 38.2 Å². The lowest BCUT2D eigenvalue weighted by atomic mass is 10.1. The van der Waals surface area contributed by atoms with Crippen LogP contribution in [0.4, 0.5) is 11.4 Å². The first-order valence-electron chi connectivity index (χ1n) is 6.08. The van der Waals surface area contributed by atoms with Crippen molar-refractivity contribution in [3.8, 4) is 6.07 Å². The van der Waals surface area contributed by atoms with Gasteiger partial charge in [-0.1, -0.05) is 18.2 Å². The second-order valence-electron chi connectivity index (χ2n) is 4.32. The fourth-order valence-electron chi connectivity index (χ4n) is 2.03. The topological polar surface area (TPSA) is 48.7 Å². The van der Waals surface area contributed by atoms with Crippen LogP contribution in [0.15, 0.2) is 59.2 Å². The minimum atomic E-state index is 0.619. The second-order valence-corrected chi connectivity index (χ2v) is 5.17. The molecule has 20 heavy (non-hydrogen) atoms. The standard InChI is InChI=1S/C16H10BrN3/c17-14-10-19-15-7-6-11(9-18)8-13(15)16(14)20-12-4-2-1-3-5-12/h1-8,10H,(H,19,20). The molecule has 0 aliphatic heterocycles. The molecule has 3 rings (SSSR count). The van der Waals surface area contributed by atoms with Crippen LogP contribution in [0.5, 0.6) is 0 Å². The average molecular weight is 324 g/mol. The smallest absolute Gasteiger partial charge is 0.0991 e. The van der Waals surface area contributed by atoms with Crippen molar-refractivity contribution in [2.75, 3.05) is 5.32 Å². The van der Waals surface area contributed by atoms with E-state index in [9.17, 15) is 0 Å². The summed E-state index contributed by atoms with van der Waals surface area (Å²) in [6.07, 6.45) is 1.76. The molecule has 3 aromatic rings. The number of nitrogens with one attached hydrogen (secondary N) is 1. The van der Waals surface area contributed by atoms with Crippen LogP contribution in [0.25, 0.3) is 10.9 Å². The summed E-state index contributed by atoms with van der Waals surface area (Å²) < 4.78 is 0.865. The number of pyridine rings is 1. The highest BCUT2D eigenvalue weighted by Crippen LogP contribution is 2.32. The lowest BCUT2D eigenvalue weighted by molar-refractivity contribution is 1.37. The highest BCUT2D eigenvalue weighted by molar-refractivity contribution is 9.10. The minimum absolute atomic E-state index is 0.619. The predicted molar refractivity (Wildman–Crippen MR) is 83.9 cm³/mol. The van der Waals surface area contributed by atoms with Crippen molar-refractivity contribution in [1.29, 1.82) is 5.26 Å². The summed E-state index contributed by atoms with van der Waals surface area (Å²) in [7, 11) is 0. The van der Waals surface area contributed by atoms with E-state index >= 15 is 0 Å². The number of anilines is 2. The van der Waals surface area contributed by atoms with E-state index in [-0.39, 0.29) is 0 Å². The molecule has 0 saturated carbocycles. The number of benzene rings is 2. The molecule has 2 aromatic carbocycles. The summed E-state index contributed by atoms with van der Waals surface area (Å²) in [4.78, 5) is 4.36. The Morgan fingerprint density at radius 2 is 1.90 bits per heavy atom. The van der Waals surface area contributed by atoms with Gasteiger partial charge in [0.05, 0.1) is 27.3 Å². The molecule has 0 atom stereocenters. The molecule has 3 nitrogen and oxygen atoms in total. The Bertz CT molecular complexity index is 807. The van der Waals surface area contributed by atoms with Gasteiger partial charge in [-0.05, 0) is 46.3 Å². The summed E-state index contributed by atoms with van der Waals surface area (Å²) in [5.41, 5.74) is 3.38. The molecule has 0 spiro atoms. The zero-order valence-corrected chi connectivity index (χ0v) is 12.1. The molecule has 0 aliphatic rings. The van der Waals surface area contributed by atoms with E-state index in [1.807, 2.05) is 42.5 Å². The molecule has 0 radical (unpaired) electrons. The van der Waals surface area contributed by atoms with Crippen molar-refractivity contribution in [2.45, 2.75) is 0 Å². The fraction of sp³-hybridized carbons (Fsp3) is 0. The van der Waals surface area contributed by atoms with Crippen LogP contribution in [0.1, 0.15) is 5.56 Å². The SMILES string of the molecule is N#Cc1ccc2ncc(Br)c(Nc3ccccc3)c2c1. The first-order valence-corrected chi connectivity index (χ1v) is 6.87. The van der Waals surface area contributed by atoms with Gasteiger partial charge in [-0.25, -0.2) is 0 Å².